The zero-order valence-electron chi connectivity index (χ0n) is 10.9. The third kappa shape index (κ3) is 4.77. The second-order valence-electron chi connectivity index (χ2n) is 4.26. The van der Waals surface area contributed by atoms with Crippen molar-refractivity contribution in [2.45, 2.75) is 0 Å². The van der Waals surface area contributed by atoms with E-state index >= 15 is 0 Å². The van der Waals surface area contributed by atoms with E-state index in [2.05, 4.69) is 10.6 Å². The van der Waals surface area contributed by atoms with Crippen LogP contribution in [0.4, 0.5) is 5.69 Å². The van der Waals surface area contributed by atoms with E-state index in [9.17, 15) is 9.59 Å². The van der Waals surface area contributed by atoms with Gasteiger partial charge in [-0.2, -0.15) is 0 Å². The van der Waals surface area contributed by atoms with Gasteiger partial charge in [0, 0.05) is 21.3 Å². The van der Waals surface area contributed by atoms with Crippen molar-refractivity contribution in [1.82, 2.24) is 5.32 Å². The number of nitrogens with one attached hydrogen (secondary N) is 2. The van der Waals surface area contributed by atoms with Gasteiger partial charge < -0.3 is 10.6 Å². The first-order valence-electron chi connectivity index (χ1n) is 6.14. The van der Waals surface area contributed by atoms with Crippen molar-refractivity contribution in [3.05, 3.63) is 64.1 Å². The van der Waals surface area contributed by atoms with Gasteiger partial charge in [0.1, 0.15) is 0 Å². The summed E-state index contributed by atoms with van der Waals surface area (Å²) >= 11 is 11.7. The van der Waals surface area contributed by atoms with Crippen molar-refractivity contribution in [3.63, 3.8) is 0 Å². The fourth-order valence-corrected chi connectivity index (χ4v) is 2.21. The normalized spacial score (nSPS) is 10.0. The maximum absolute atomic E-state index is 11.8. The number of hydrogen-bond donors (Lipinski definition) is 2. The van der Waals surface area contributed by atoms with Crippen molar-refractivity contribution in [2.75, 3.05) is 11.9 Å². The molecule has 21 heavy (non-hydrogen) atoms. The Labute approximate surface area is 132 Å². The Morgan fingerprint density at radius 2 is 1.57 bits per heavy atom. The molecule has 6 heteroatoms. The van der Waals surface area contributed by atoms with Gasteiger partial charge in [0.25, 0.3) is 5.91 Å². The zero-order valence-corrected chi connectivity index (χ0v) is 12.4. The molecular weight excluding hydrogens is 311 g/mol. The molecule has 0 aromatic heterocycles. The molecule has 0 saturated carbocycles. The lowest BCUT2D eigenvalue weighted by molar-refractivity contribution is -0.115. The van der Waals surface area contributed by atoms with Gasteiger partial charge in [-0.1, -0.05) is 41.4 Å². The number of rotatable bonds is 4. The summed E-state index contributed by atoms with van der Waals surface area (Å²) in [5.41, 5.74) is 0.975. The third-order valence-electron chi connectivity index (χ3n) is 2.59. The van der Waals surface area contributed by atoms with Crippen LogP contribution in [0.5, 0.6) is 0 Å². The Morgan fingerprint density at radius 3 is 2.19 bits per heavy atom. The predicted molar refractivity (Wildman–Crippen MR) is 83.9 cm³/mol. The first kappa shape index (κ1) is 15.4. The van der Waals surface area contributed by atoms with Gasteiger partial charge in [0.05, 0.1) is 6.54 Å². The first-order chi connectivity index (χ1) is 10.0. The lowest BCUT2D eigenvalue weighted by atomic mass is 10.2. The van der Waals surface area contributed by atoms with Gasteiger partial charge in [-0.05, 0) is 30.3 Å². The topological polar surface area (TPSA) is 58.2 Å². The molecule has 0 atom stereocenters. The monoisotopic (exact) mass is 322 g/mol. The second kappa shape index (κ2) is 7.11. The maximum Gasteiger partial charge on any atom is 0.251 e. The summed E-state index contributed by atoms with van der Waals surface area (Å²) < 4.78 is 0. The van der Waals surface area contributed by atoms with E-state index in [-0.39, 0.29) is 18.4 Å². The van der Waals surface area contributed by atoms with Crippen LogP contribution in [-0.4, -0.2) is 18.4 Å². The summed E-state index contributed by atoms with van der Waals surface area (Å²) in [7, 11) is 0. The molecule has 2 rings (SSSR count). The molecule has 0 aliphatic carbocycles. The summed E-state index contributed by atoms with van der Waals surface area (Å²) in [6.45, 7) is -0.141. The van der Waals surface area contributed by atoms with Crippen LogP contribution in [0.15, 0.2) is 48.5 Å². The fraction of sp³-hybridized carbons (Fsp3) is 0.0667. The molecule has 108 valence electrons. The lowest BCUT2D eigenvalue weighted by Gasteiger charge is -2.08. The minimum atomic E-state index is -0.363. The van der Waals surface area contributed by atoms with E-state index in [1.54, 1.807) is 42.5 Å². The Balaban J connectivity index is 1.89. The summed E-state index contributed by atoms with van der Waals surface area (Å²) in [5.74, 6) is -0.674. The molecule has 2 amide bonds. The van der Waals surface area contributed by atoms with Crippen LogP contribution in [0.25, 0.3) is 0 Å². The fourth-order valence-electron chi connectivity index (χ4n) is 1.68. The SMILES string of the molecule is O=C(CNC(=O)c1ccccc1)Nc1cc(Cl)cc(Cl)c1. The number of anilines is 1. The van der Waals surface area contributed by atoms with Crippen molar-refractivity contribution in [3.8, 4) is 0 Å². The van der Waals surface area contributed by atoms with Crippen LogP contribution < -0.4 is 10.6 Å². The van der Waals surface area contributed by atoms with Crippen LogP contribution in [0, 0.1) is 0 Å². The molecule has 2 aromatic carbocycles. The molecule has 0 spiro atoms. The number of carbonyl (C=O) groups excluding carboxylic acids is 2. The second-order valence-corrected chi connectivity index (χ2v) is 5.13. The van der Waals surface area contributed by atoms with Crippen molar-refractivity contribution in [2.24, 2.45) is 0 Å². The Bertz CT molecular complexity index is 640. The predicted octanol–water partition coefficient (Wildman–Crippen LogP) is 3.36. The highest BCUT2D eigenvalue weighted by molar-refractivity contribution is 6.35. The van der Waals surface area contributed by atoms with E-state index < -0.39 is 0 Å². The Morgan fingerprint density at radius 1 is 0.952 bits per heavy atom. The summed E-state index contributed by atoms with van der Waals surface area (Å²) in [6, 6.07) is 13.4. The molecule has 2 N–H and O–H groups in total. The van der Waals surface area contributed by atoms with Crippen molar-refractivity contribution < 1.29 is 9.59 Å². The lowest BCUT2D eigenvalue weighted by Crippen LogP contribution is -2.32. The minimum Gasteiger partial charge on any atom is -0.343 e. The van der Waals surface area contributed by atoms with Crippen molar-refractivity contribution in [1.29, 1.82) is 0 Å². The smallest absolute Gasteiger partial charge is 0.251 e. The van der Waals surface area contributed by atoms with E-state index in [1.165, 1.54) is 0 Å². The molecule has 0 saturated heterocycles. The minimum absolute atomic E-state index is 0.141. The number of hydrogen-bond acceptors (Lipinski definition) is 2. The van der Waals surface area contributed by atoms with Gasteiger partial charge in [0.2, 0.25) is 5.91 Å². The quantitative estimate of drug-likeness (QED) is 0.906. The summed E-state index contributed by atoms with van der Waals surface area (Å²) in [4.78, 5) is 23.5. The molecule has 0 aliphatic heterocycles. The zero-order chi connectivity index (χ0) is 15.2. The van der Waals surface area contributed by atoms with Crippen LogP contribution in [-0.2, 0) is 4.79 Å². The summed E-state index contributed by atoms with van der Waals surface area (Å²) in [6.07, 6.45) is 0. The van der Waals surface area contributed by atoms with Crippen LogP contribution in [0.1, 0.15) is 10.4 Å². The number of benzene rings is 2. The van der Waals surface area contributed by atoms with Crippen molar-refractivity contribution >= 4 is 40.7 Å². The Hall–Kier alpha value is -2.04. The highest BCUT2D eigenvalue weighted by Gasteiger charge is 2.08. The first-order valence-corrected chi connectivity index (χ1v) is 6.89. The molecule has 0 bridgehead atoms. The van der Waals surface area contributed by atoms with Gasteiger partial charge in [-0.3, -0.25) is 9.59 Å². The van der Waals surface area contributed by atoms with Crippen LogP contribution >= 0.6 is 23.2 Å². The average Bonchev–Trinajstić information content (AvgIpc) is 2.44. The molecule has 0 unspecified atom stereocenters. The highest BCUT2D eigenvalue weighted by atomic mass is 35.5. The van der Waals surface area contributed by atoms with E-state index in [4.69, 9.17) is 23.2 Å². The van der Waals surface area contributed by atoms with E-state index in [0.29, 0.717) is 21.3 Å². The standard InChI is InChI=1S/C15H12Cl2N2O2/c16-11-6-12(17)8-13(7-11)19-14(20)9-18-15(21)10-4-2-1-3-5-10/h1-8H,9H2,(H,18,21)(H,19,20). The van der Waals surface area contributed by atoms with E-state index in [0.717, 1.165) is 0 Å². The van der Waals surface area contributed by atoms with Gasteiger partial charge in [-0.25, -0.2) is 0 Å². The molecule has 0 heterocycles. The molecular formula is C15H12Cl2N2O2. The molecule has 2 aromatic rings. The third-order valence-corrected chi connectivity index (χ3v) is 3.03. The number of halogens is 2. The average molecular weight is 323 g/mol. The van der Waals surface area contributed by atoms with Gasteiger partial charge in [0.15, 0.2) is 0 Å². The van der Waals surface area contributed by atoms with Crippen LogP contribution in [0.2, 0.25) is 10.0 Å². The number of carbonyl (C=O) groups is 2. The van der Waals surface area contributed by atoms with Gasteiger partial charge >= 0.3 is 0 Å². The molecule has 0 radical (unpaired) electrons. The van der Waals surface area contributed by atoms with Gasteiger partial charge in [-0.15, -0.1) is 0 Å². The molecule has 0 fully saturated rings. The van der Waals surface area contributed by atoms with Crippen LogP contribution in [0.3, 0.4) is 0 Å². The maximum atomic E-state index is 11.8. The summed E-state index contributed by atoms with van der Waals surface area (Å²) in [5, 5.41) is 5.98. The largest absolute Gasteiger partial charge is 0.343 e. The molecule has 4 nitrogen and oxygen atoms in total. The highest BCUT2D eigenvalue weighted by Crippen LogP contribution is 2.22. The number of amides is 2. The molecule has 0 aliphatic rings. The van der Waals surface area contributed by atoms with E-state index in [1.807, 2.05) is 6.07 Å². The Kier molecular flexibility index (Phi) is 5.20.